The lowest BCUT2D eigenvalue weighted by molar-refractivity contribution is -0.140. The van der Waals surface area contributed by atoms with Gasteiger partial charge in [-0.1, -0.05) is 38.5 Å². The smallest absolute Gasteiger partial charge is 0.305 e. The van der Waals surface area contributed by atoms with Gasteiger partial charge < -0.3 is 16.2 Å². The van der Waals surface area contributed by atoms with Crippen molar-refractivity contribution < 1.29 is 14.7 Å². The molecule has 2 saturated carbocycles. The number of nitrogens with two attached hydrogens (primary N) is 1. The van der Waals surface area contributed by atoms with Gasteiger partial charge in [-0.25, -0.2) is 0 Å². The second kappa shape index (κ2) is 6.77. The summed E-state index contributed by atoms with van der Waals surface area (Å²) in [6, 6.07) is 0. The number of carbonyl (C=O) groups is 2. The van der Waals surface area contributed by atoms with Crippen LogP contribution in [0.15, 0.2) is 0 Å². The largest absolute Gasteiger partial charge is 0.481 e. The Hall–Kier alpha value is -1.10. The SMILES string of the molecule is NCC1(C(=O)NC2(CC(=O)O)CCCC2)CCCCCC1. The predicted molar refractivity (Wildman–Crippen MR) is 80.8 cm³/mol. The number of hydrogen-bond donors (Lipinski definition) is 3. The molecule has 120 valence electrons. The normalized spacial score (nSPS) is 24.2. The maximum absolute atomic E-state index is 12.9. The first-order valence-corrected chi connectivity index (χ1v) is 8.26. The first-order chi connectivity index (χ1) is 10.0. The van der Waals surface area contributed by atoms with Crippen LogP contribution in [0.1, 0.15) is 70.6 Å². The van der Waals surface area contributed by atoms with E-state index in [4.69, 9.17) is 10.8 Å². The predicted octanol–water partition coefficient (Wildman–Crippen LogP) is 2.19. The maximum Gasteiger partial charge on any atom is 0.305 e. The van der Waals surface area contributed by atoms with E-state index in [1.807, 2.05) is 0 Å². The third-order valence-electron chi connectivity index (χ3n) is 5.36. The number of carboxylic acids is 1. The van der Waals surface area contributed by atoms with Gasteiger partial charge in [-0.2, -0.15) is 0 Å². The van der Waals surface area contributed by atoms with E-state index in [9.17, 15) is 9.59 Å². The Morgan fingerprint density at radius 1 is 0.952 bits per heavy atom. The molecular formula is C16H28N2O3. The molecule has 0 aliphatic heterocycles. The van der Waals surface area contributed by atoms with Gasteiger partial charge in [0.2, 0.25) is 5.91 Å². The number of carbonyl (C=O) groups excluding carboxylic acids is 1. The van der Waals surface area contributed by atoms with Crippen molar-refractivity contribution in [3.05, 3.63) is 0 Å². The highest BCUT2D eigenvalue weighted by Gasteiger charge is 2.43. The van der Waals surface area contributed by atoms with Crippen LogP contribution in [0.4, 0.5) is 0 Å². The van der Waals surface area contributed by atoms with Crippen LogP contribution in [0.3, 0.4) is 0 Å². The summed E-state index contributed by atoms with van der Waals surface area (Å²) in [5.74, 6) is -0.838. The summed E-state index contributed by atoms with van der Waals surface area (Å²) < 4.78 is 0. The van der Waals surface area contributed by atoms with E-state index in [1.54, 1.807) is 0 Å². The first-order valence-electron chi connectivity index (χ1n) is 8.26. The van der Waals surface area contributed by atoms with Gasteiger partial charge >= 0.3 is 5.97 Å². The van der Waals surface area contributed by atoms with Crippen LogP contribution in [0.25, 0.3) is 0 Å². The molecule has 0 bridgehead atoms. The fourth-order valence-corrected chi connectivity index (χ4v) is 3.99. The van der Waals surface area contributed by atoms with Crippen molar-refractivity contribution in [2.45, 2.75) is 76.2 Å². The average Bonchev–Trinajstić information content (AvgIpc) is 2.75. The number of carboxylic acid groups (broad SMARTS) is 1. The van der Waals surface area contributed by atoms with E-state index in [-0.39, 0.29) is 12.3 Å². The summed E-state index contributed by atoms with van der Waals surface area (Å²) in [6.07, 6.45) is 9.61. The van der Waals surface area contributed by atoms with E-state index >= 15 is 0 Å². The molecule has 2 aliphatic rings. The van der Waals surface area contributed by atoms with E-state index < -0.39 is 16.9 Å². The Labute approximate surface area is 126 Å². The fourth-order valence-electron chi connectivity index (χ4n) is 3.99. The molecule has 0 radical (unpaired) electrons. The van der Waals surface area contributed by atoms with Crippen LogP contribution in [0.5, 0.6) is 0 Å². The molecule has 0 spiro atoms. The molecule has 0 atom stereocenters. The number of nitrogens with one attached hydrogen (secondary N) is 1. The van der Waals surface area contributed by atoms with Crippen LogP contribution in [0.2, 0.25) is 0 Å². The Morgan fingerprint density at radius 2 is 1.48 bits per heavy atom. The van der Waals surface area contributed by atoms with Gasteiger partial charge in [0.05, 0.1) is 17.4 Å². The minimum absolute atomic E-state index is 0.00458. The highest BCUT2D eigenvalue weighted by molar-refractivity contribution is 5.84. The van der Waals surface area contributed by atoms with Gasteiger partial charge in [0.1, 0.15) is 0 Å². The molecule has 0 aromatic heterocycles. The molecule has 0 heterocycles. The van der Waals surface area contributed by atoms with Crippen molar-refractivity contribution >= 4 is 11.9 Å². The highest BCUT2D eigenvalue weighted by Crippen LogP contribution is 2.38. The average molecular weight is 296 g/mol. The molecule has 5 nitrogen and oxygen atoms in total. The number of rotatable bonds is 5. The Morgan fingerprint density at radius 3 is 1.95 bits per heavy atom. The number of aliphatic carboxylic acids is 1. The highest BCUT2D eigenvalue weighted by atomic mass is 16.4. The van der Waals surface area contributed by atoms with Gasteiger partial charge in [0, 0.05) is 6.54 Å². The number of hydrogen-bond acceptors (Lipinski definition) is 3. The summed E-state index contributed by atoms with van der Waals surface area (Å²) in [6.45, 7) is 0.363. The molecule has 0 aromatic rings. The second-order valence-electron chi connectivity index (χ2n) is 6.91. The molecule has 2 aliphatic carbocycles. The summed E-state index contributed by atoms with van der Waals surface area (Å²) in [5, 5.41) is 12.3. The summed E-state index contributed by atoms with van der Waals surface area (Å²) in [4.78, 5) is 24.0. The summed E-state index contributed by atoms with van der Waals surface area (Å²) in [7, 11) is 0. The minimum atomic E-state index is -0.833. The first kappa shape index (κ1) is 16.3. The van der Waals surface area contributed by atoms with Crippen molar-refractivity contribution in [2.24, 2.45) is 11.1 Å². The molecule has 0 unspecified atom stereocenters. The van der Waals surface area contributed by atoms with E-state index in [1.165, 1.54) is 0 Å². The standard InChI is InChI=1S/C16H28N2O3/c17-12-15(7-3-1-2-4-8-15)14(21)18-16(11-13(19)20)9-5-6-10-16/h1-12,17H2,(H,18,21)(H,19,20). The van der Waals surface area contributed by atoms with Crippen molar-refractivity contribution in [1.29, 1.82) is 0 Å². The van der Waals surface area contributed by atoms with Crippen molar-refractivity contribution in [3.63, 3.8) is 0 Å². The summed E-state index contributed by atoms with van der Waals surface area (Å²) >= 11 is 0. The second-order valence-corrected chi connectivity index (χ2v) is 6.91. The maximum atomic E-state index is 12.9. The van der Waals surface area contributed by atoms with Gasteiger partial charge in [0.15, 0.2) is 0 Å². The third kappa shape index (κ3) is 3.76. The Bertz CT molecular complexity index is 381. The molecule has 4 N–H and O–H groups in total. The molecular weight excluding hydrogens is 268 g/mol. The van der Waals surface area contributed by atoms with Crippen molar-refractivity contribution in [3.8, 4) is 0 Å². The monoisotopic (exact) mass is 296 g/mol. The lowest BCUT2D eigenvalue weighted by Crippen LogP contribution is -2.55. The summed E-state index contributed by atoms with van der Waals surface area (Å²) in [5.41, 5.74) is 4.92. The Balaban J connectivity index is 2.11. The zero-order chi connectivity index (χ0) is 15.3. The van der Waals surface area contributed by atoms with Gasteiger partial charge in [0.25, 0.3) is 0 Å². The fraction of sp³-hybridized carbons (Fsp3) is 0.875. The van der Waals surface area contributed by atoms with Crippen molar-refractivity contribution in [1.82, 2.24) is 5.32 Å². The topological polar surface area (TPSA) is 92.4 Å². The molecule has 5 heteroatoms. The van der Waals surface area contributed by atoms with E-state index in [0.717, 1.165) is 64.2 Å². The molecule has 1 amide bonds. The zero-order valence-electron chi connectivity index (χ0n) is 12.8. The van der Waals surface area contributed by atoms with E-state index in [0.29, 0.717) is 6.54 Å². The van der Waals surface area contributed by atoms with Crippen LogP contribution >= 0.6 is 0 Å². The number of amides is 1. The molecule has 0 aromatic carbocycles. The van der Waals surface area contributed by atoms with Crippen LogP contribution in [-0.2, 0) is 9.59 Å². The van der Waals surface area contributed by atoms with Crippen LogP contribution < -0.4 is 11.1 Å². The lowest BCUT2D eigenvalue weighted by atomic mass is 9.78. The zero-order valence-corrected chi connectivity index (χ0v) is 12.8. The van der Waals surface area contributed by atoms with Gasteiger partial charge in [-0.15, -0.1) is 0 Å². The molecule has 2 rings (SSSR count). The Kier molecular flexibility index (Phi) is 5.25. The third-order valence-corrected chi connectivity index (χ3v) is 5.36. The quantitative estimate of drug-likeness (QED) is 0.678. The van der Waals surface area contributed by atoms with Crippen molar-refractivity contribution in [2.75, 3.05) is 6.54 Å². The van der Waals surface area contributed by atoms with Gasteiger partial charge in [-0.3, -0.25) is 9.59 Å². The molecule has 21 heavy (non-hydrogen) atoms. The van der Waals surface area contributed by atoms with Gasteiger partial charge in [-0.05, 0) is 25.7 Å². The molecule has 2 fully saturated rings. The van der Waals surface area contributed by atoms with Crippen LogP contribution in [0, 0.1) is 5.41 Å². The van der Waals surface area contributed by atoms with Crippen LogP contribution in [-0.4, -0.2) is 29.1 Å². The minimum Gasteiger partial charge on any atom is -0.481 e. The molecule has 0 saturated heterocycles. The lowest BCUT2D eigenvalue weighted by Gasteiger charge is -2.36. The van der Waals surface area contributed by atoms with E-state index in [2.05, 4.69) is 5.32 Å².